The summed E-state index contributed by atoms with van der Waals surface area (Å²) in [5, 5.41) is 0. The molecule has 0 atom stereocenters. The second kappa shape index (κ2) is 22.5. The molecule has 0 amide bonds. The van der Waals surface area contributed by atoms with Crippen LogP contribution in [0.15, 0.2) is 303 Å². The lowest BCUT2D eigenvalue weighted by atomic mass is 9.85. The van der Waals surface area contributed by atoms with Crippen molar-refractivity contribution in [3.63, 3.8) is 0 Å². The van der Waals surface area contributed by atoms with Crippen molar-refractivity contribution in [3.8, 4) is 113 Å². The Morgan fingerprint density at radius 2 is 0.477 bits per heavy atom. The Bertz CT molecular complexity index is 4510. The highest BCUT2D eigenvalue weighted by Crippen LogP contribution is 2.59. The maximum absolute atomic E-state index is 5.60. The molecule has 0 fully saturated rings. The third-order valence-corrected chi connectivity index (χ3v) is 15.3. The average molecular weight is 1100 g/mol. The highest BCUT2D eigenvalue weighted by molar-refractivity contribution is 6.12. The van der Waals surface area contributed by atoms with E-state index in [0.29, 0.717) is 46.5 Å². The zero-order valence-electron chi connectivity index (χ0n) is 46.3. The maximum atomic E-state index is 5.60. The van der Waals surface area contributed by atoms with E-state index in [1.165, 1.54) is 0 Å². The molecule has 15 rings (SSSR count). The minimum atomic E-state index is 0.447. The highest BCUT2D eigenvalue weighted by atomic mass is 15.3. The van der Waals surface area contributed by atoms with Crippen LogP contribution in [0.5, 0.6) is 0 Å². The fourth-order valence-electron chi connectivity index (χ4n) is 11.4. The van der Waals surface area contributed by atoms with E-state index in [-0.39, 0.29) is 0 Å². The van der Waals surface area contributed by atoms with Crippen LogP contribution < -0.4 is 9.80 Å². The van der Waals surface area contributed by atoms with E-state index in [2.05, 4.69) is 155 Å². The minimum Gasteiger partial charge on any atom is -0.305 e. The Balaban J connectivity index is 1.09. The summed E-state index contributed by atoms with van der Waals surface area (Å²) < 4.78 is 0. The molecule has 404 valence electrons. The molecule has 0 bridgehead atoms. The maximum Gasteiger partial charge on any atom is 0.238 e. The van der Waals surface area contributed by atoms with E-state index < -0.39 is 0 Å². The van der Waals surface area contributed by atoms with Gasteiger partial charge in [-0.15, -0.1) is 0 Å². The van der Waals surface area contributed by atoms with Crippen molar-refractivity contribution in [2.75, 3.05) is 9.80 Å². The molecule has 10 nitrogen and oxygen atoms in total. The lowest BCUT2D eigenvalue weighted by molar-refractivity contribution is 1.01. The predicted molar refractivity (Wildman–Crippen MR) is 346 cm³/mol. The third kappa shape index (κ3) is 9.68. The number of anilines is 6. The molecular formula is C76H50N10. The van der Waals surface area contributed by atoms with E-state index in [9.17, 15) is 0 Å². The van der Waals surface area contributed by atoms with Gasteiger partial charge in [-0.3, -0.25) is 4.90 Å². The number of fused-ring (bicyclic) bond motifs is 2. The standard InChI is InChI=1S/C76H50N10/c1-9-29-51(30-10-1)61-50-62(52-31-11-2-12-32-52)78-74(77-61)59-49-60(75-81-70(55-37-17-5-18-38-55)79-71(82-75)56-39-19-6-20-40-56)69(68(54-35-15-4-16-36-54)67(59)53-33-13-3-14-34-53)85-63-45-25-27-47-65(63)86(66-48-28-26-46-64(66)85)76-83-72(57-41-21-7-22-42-57)80-73(84-76)58-43-23-8-24-44-58/h1-50H. The van der Waals surface area contributed by atoms with Gasteiger partial charge in [0.2, 0.25) is 5.95 Å². The molecule has 0 saturated carbocycles. The Morgan fingerprint density at radius 1 is 0.198 bits per heavy atom. The summed E-state index contributed by atoms with van der Waals surface area (Å²) in [5.74, 6) is 3.58. The van der Waals surface area contributed by atoms with Crippen LogP contribution in [0, 0.1) is 0 Å². The van der Waals surface area contributed by atoms with Crippen LogP contribution in [0.4, 0.5) is 34.4 Å². The van der Waals surface area contributed by atoms with Crippen molar-refractivity contribution in [3.05, 3.63) is 303 Å². The largest absolute Gasteiger partial charge is 0.305 e. The smallest absolute Gasteiger partial charge is 0.238 e. The van der Waals surface area contributed by atoms with Crippen molar-refractivity contribution in [1.82, 2.24) is 39.9 Å². The Hall–Kier alpha value is -11.9. The first-order valence-corrected chi connectivity index (χ1v) is 28.5. The molecule has 10 heteroatoms. The molecule has 14 aromatic rings. The monoisotopic (exact) mass is 1100 g/mol. The van der Waals surface area contributed by atoms with Gasteiger partial charge in [-0.2, -0.15) is 9.97 Å². The molecule has 0 radical (unpaired) electrons. The second-order valence-corrected chi connectivity index (χ2v) is 20.7. The fraction of sp³-hybridized carbons (Fsp3) is 0. The molecule has 0 saturated heterocycles. The van der Waals surface area contributed by atoms with Crippen LogP contribution in [0.25, 0.3) is 113 Å². The number of hydrogen-bond donors (Lipinski definition) is 0. The van der Waals surface area contributed by atoms with Crippen LogP contribution in [0.2, 0.25) is 0 Å². The second-order valence-electron chi connectivity index (χ2n) is 20.7. The van der Waals surface area contributed by atoms with Crippen molar-refractivity contribution < 1.29 is 0 Å². The van der Waals surface area contributed by atoms with Gasteiger partial charge >= 0.3 is 0 Å². The average Bonchev–Trinajstić information content (AvgIpc) is 0.984. The molecular weight excluding hydrogens is 1050 g/mol. The topological polar surface area (TPSA) is 110 Å². The van der Waals surface area contributed by atoms with Crippen LogP contribution in [0.3, 0.4) is 0 Å². The van der Waals surface area contributed by atoms with Gasteiger partial charge < -0.3 is 4.90 Å². The number of rotatable bonds is 12. The van der Waals surface area contributed by atoms with E-state index in [1.807, 2.05) is 158 Å². The third-order valence-electron chi connectivity index (χ3n) is 15.3. The van der Waals surface area contributed by atoms with E-state index >= 15 is 0 Å². The van der Waals surface area contributed by atoms with E-state index in [4.69, 9.17) is 39.9 Å². The minimum absolute atomic E-state index is 0.447. The number of nitrogens with zero attached hydrogens (tertiary/aromatic N) is 10. The van der Waals surface area contributed by atoms with Crippen LogP contribution >= 0.6 is 0 Å². The zero-order valence-corrected chi connectivity index (χ0v) is 46.3. The number of aromatic nitrogens is 8. The van der Waals surface area contributed by atoms with Gasteiger partial charge in [-0.05, 0) is 47.5 Å². The summed E-state index contributed by atoms with van der Waals surface area (Å²) in [6, 6.07) is 103. The van der Waals surface area contributed by atoms with Crippen LogP contribution in [-0.2, 0) is 0 Å². The fourth-order valence-corrected chi connectivity index (χ4v) is 11.4. The Labute approximate surface area is 497 Å². The summed E-state index contributed by atoms with van der Waals surface area (Å²) in [6.45, 7) is 0. The first-order chi connectivity index (χ1) is 42.7. The van der Waals surface area contributed by atoms with Crippen LogP contribution in [0.1, 0.15) is 0 Å². The highest BCUT2D eigenvalue weighted by Gasteiger charge is 2.37. The molecule has 86 heavy (non-hydrogen) atoms. The molecule has 0 aliphatic carbocycles. The molecule has 4 heterocycles. The van der Waals surface area contributed by atoms with Gasteiger partial charge in [0.15, 0.2) is 34.9 Å². The summed E-state index contributed by atoms with van der Waals surface area (Å²) >= 11 is 0. The molecule has 0 spiro atoms. The summed E-state index contributed by atoms with van der Waals surface area (Å²) in [7, 11) is 0. The van der Waals surface area contributed by atoms with Crippen molar-refractivity contribution in [2.24, 2.45) is 0 Å². The van der Waals surface area contributed by atoms with Gasteiger partial charge in [0.25, 0.3) is 0 Å². The number of hydrogen-bond acceptors (Lipinski definition) is 10. The zero-order chi connectivity index (χ0) is 57.2. The van der Waals surface area contributed by atoms with Gasteiger partial charge in [-0.1, -0.05) is 267 Å². The van der Waals surface area contributed by atoms with Crippen LogP contribution in [-0.4, -0.2) is 39.9 Å². The molecule has 11 aromatic carbocycles. The van der Waals surface area contributed by atoms with Crippen molar-refractivity contribution >= 4 is 34.4 Å². The number of benzene rings is 11. The van der Waals surface area contributed by atoms with E-state index in [1.54, 1.807) is 0 Å². The Morgan fingerprint density at radius 3 is 0.849 bits per heavy atom. The molecule has 1 aliphatic heterocycles. The summed E-state index contributed by atoms with van der Waals surface area (Å²) in [4.78, 5) is 48.0. The lowest BCUT2D eigenvalue weighted by Gasteiger charge is -2.41. The normalized spacial score (nSPS) is 11.7. The van der Waals surface area contributed by atoms with Gasteiger partial charge in [-0.25, -0.2) is 29.9 Å². The quantitative estimate of drug-likeness (QED) is 0.117. The van der Waals surface area contributed by atoms with Crippen molar-refractivity contribution in [1.29, 1.82) is 0 Å². The predicted octanol–water partition coefficient (Wildman–Crippen LogP) is 18.8. The Kier molecular flexibility index (Phi) is 13.3. The summed E-state index contributed by atoms with van der Waals surface area (Å²) in [6.07, 6.45) is 0. The summed E-state index contributed by atoms with van der Waals surface area (Å²) in [5.41, 5.74) is 16.3. The number of para-hydroxylation sites is 4. The molecule has 0 N–H and O–H groups in total. The first kappa shape index (κ1) is 51.0. The van der Waals surface area contributed by atoms with Gasteiger partial charge in [0.1, 0.15) is 0 Å². The molecule has 3 aromatic heterocycles. The lowest BCUT2D eigenvalue weighted by Crippen LogP contribution is -2.26. The molecule has 1 aliphatic rings. The molecule has 0 unspecified atom stereocenters. The van der Waals surface area contributed by atoms with E-state index in [0.717, 1.165) is 101 Å². The first-order valence-electron chi connectivity index (χ1n) is 28.5. The SMILES string of the molecule is c1ccc(-c2cc(-c3ccccc3)nc(-c3cc(-c4nc(-c5ccccc5)nc(-c5ccccc5)n4)c(N4c5ccccc5N(c5nc(-c6ccccc6)nc(-c6ccccc6)n5)c5ccccc54)c(-c4ccccc4)c3-c3ccccc3)n2)cc1. The van der Waals surface area contributed by atoms with Gasteiger partial charge in [0, 0.05) is 55.6 Å². The van der Waals surface area contributed by atoms with Crippen molar-refractivity contribution in [2.45, 2.75) is 0 Å². The van der Waals surface area contributed by atoms with Gasteiger partial charge in [0.05, 0.1) is 39.8 Å².